The number of phenolic OH excluding ortho intramolecular Hbond substituents is 1. The Balaban J connectivity index is 1.65. The number of aromatic nitrogens is 4. The lowest BCUT2D eigenvalue weighted by atomic mass is 10.1. The number of halogens is 1. The lowest BCUT2D eigenvalue weighted by Gasteiger charge is -2.16. The van der Waals surface area contributed by atoms with Gasteiger partial charge in [0.1, 0.15) is 12.1 Å². The van der Waals surface area contributed by atoms with Crippen molar-refractivity contribution in [2.24, 2.45) is 0 Å². The number of fused-ring (bicyclic) bond motifs is 1. The number of hydrogen-bond donors (Lipinski definition) is 2. The van der Waals surface area contributed by atoms with Gasteiger partial charge in [-0.15, -0.1) is 0 Å². The highest BCUT2D eigenvalue weighted by molar-refractivity contribution is 5.78. The highest BCUT2D eigenvalue weighted by Gasteiger charge is 2.12. The van der Waals surface area contributed by atoms with Gasteiger partial charge >= 0.3 is 0 Å². The van der Waals surface area contributed by atoms with E-state index in [1.165, 1.54) is 12.1 Å². The van der Waals surface area contributed by atoms with Crippen molar-refractivity contribution < 1.29 is 9.50 Å². The number of nitrogens with zero attached hydrogens (tertiary/aromatic N) is 5. The van der Waals surface area contributed by atoms with E-state index in [1.807, 2.05) is 6.92 Å². The summed E-state index contributed by atoms with van der Waals surface area (Å²) in [5.74, 6) is -0.0190. The molecule has 28 heavy (non-hydrogen) atoms. The van der Waals surface area contributed by atoms with Crippen LogP contribution in [0.15, 0.2) is 55.1 Å². The van der Waals surface area contributed by atoms with E-state index in [0.29, 0.717) is 22.8 Å². The number of anilines is 1. The number of imidazole rings is 1. The maximum absolute atomic E-state index is 13.3. The second-order valence-electron chi connectivity index (χ2n) is 6.27. The second kappa shape index (κ2) is 6.96. The van der Waals surface area contributed by atoms with Gasteiger partial charge in [-0.1, -0.05) is 6.07 Å². The van der Waals surface area contributed by atoms with Crippen molar-refractivity contribution in [2.75, 3.05) is 5.32 Å². The number of aromatic hydroxyl groups is 1. The molecule has 0 amide bonds. The molecular formula is C20H15FN6O. The maximum Gasteiger partial charge on any atom is 0.164 e. The van der Waals surface area contributed by atoms with Crippen LogP contribution in [0.4, 0.5) is 10.2 Å². The Kier molecular flexibility index (Phi) is 4.33. The minimum atomic E-state index is -0.665. The predicted molar refractivity (Wildman–Crippen MR) is 101 cm³/mol. The third kappa shape index (κ3) is 3.21. The molecule has 0 bridgehead atoms. The lowest BCUT2D eigenvalue weighted by Crippen LogP contribution is -2.09. The Morgan fingerprint density at radius 3 is 2.86 bits per heavy atom. The zero-order chi connectivity index (χ0) is 19.7. The van der Waals surface area contributed by atoms with Gasteiger partial charge in [0.15, 0.2) is 17.4 Å². The van der Waals surface area contributed by atoms with Crippen LogP contribution >= 0.6 is 0 Å². The van der Waals surface area contributed by atoms with Crippen LogP contribution in [0, 0.1) is 17.1 Å². The van der Waals surface area contributed by atoms with Crippen LogP contribution in [0.5, 0.6) is 5.75 Å². The third-order valence-electron chi connectivity index (χ3n) is 4.38. The minimum Gasteiger partial charge on any atom is -0.505 e. The fourth-order valence-electron chi connectivity index (χ4n) is 2.91. The van der Waals surface area contributed by atoms with Crippen LogP contribution in [0.1, 0.15) is 24.1 Å². The molecule has 4 rings (SSSR count). The van der Waals surface area contributed by atoms with Gasteiger partial charge in [0, 0.05) is 0 Å². The quantitative estimate of drug-likeness (QED) is 0.565. The summed E-state index contributed by atoms with van der Waals surface area (Å²) in [7, 11) is 0. The normalized spacial score (nSPS) is 11.9. The van der Waals surface area contributed by atoms with Crippen molar-refractivity contribution in [3.63, 3.8) is 0 Å². The summed E-state index contributed by atoms with van der Waals surface area (Å²) < 4.78 is 15.0. The molecule has 0 aliphatic carbocycles. The Labute approximate surface area is 159 Å². The summed E-state index contributed by atoms with van der Waals surface area (Å²) in [6, 6.07) is 11.3. The van der Waals surface area contributed by atoms with Gasteiger partial charge < -0.3 is 10.4 Å². The van der Waals surface area contributed by atoms with Crippen LogP contribution in [0.3, 0.4) is 0 Å². The number of nitrogens with one attached hydrogen (secondary N) is 1. The molecule has 0 aliphatic heterocycles. The number of hydrogen-bond acceptors (Lipinski definition) is 6. The SMILES string of the molecule is CC(Nc1cncc(-n2cnc3ccc(C#N)cc32)n1)c1ccc(F)c(O)c1. The molecule has 0 fully saturated rings. The molecule has 2 aromatic heterocycles. The van der Waals surface area contributed by atoms with Crippen LogP contribution in [0.25, 0.3) is 16.9 Å². The van der Waals surface area contributed by atoms with Crippen molar-refractivity contribution in [3.8, 4) is 17.6 Å². The predicted octanol–water partition coefficient (Wildman–Crippen LogP) is 3.70. The highest BCUT2D eigenvalue weighted by atomic mass is 19.1. The highest BCUT2D eigenvalue weighted by Crippen LogP contribution is 2.24. The summed E-state index contributed by atoms with van der Waals surface area (Å²) in [4.78, 5) is 13.1. The average Bonchev–Trinajstić information content (AvgIpc) is 3.13. The summed E-state index contributed by atoms with van der Waals surface area (Å²) in [6.45, 7) is 1.87. The molecule has 1 unspecified atom stereocenters. The van der Waals surface area contributed by atoms with Gasteiger partial charge in [-0.05, 0) is 42.8 Å². The van der Waals surface area contributed by atoms with Crippen molar-refractivity contribution in [1.29, 1.82) is 5.26 Å². The Morgan fingerprint density at radius 1 is 1.21 bits per heavy atom. The summed E-state index contributed by atoms with van der Waals surface area (Å²) in [6.07, 6.45) is 4.80. The first-order valence-corrected chi connectivity index (χ1v) is 8.50. The van der Waals surface area contributed by atoms with E-state index in [-0.39, 0.29) is 6.04 Å². The monoisotopic (exact) mass is 374 g/mol. The van der Waals surface area contributed by atoms with Gasteiger partial charge in [-0.2, -0.15) is 5.26 Å². The van der Waals surface area contributed by atoms with Crippen molar-refractivity contribution in [1.82, 2.24) is 19.5 Å². The van der Waals surface area contributed by atoms with Crippen LogP contribution < -0.4 is 5.32 Å². The molecule has 0 saturated heterocycles. The molecule has 2 heterocycles. The molecule has 8 heteroatoms. The van der Waals surface area contributed by atoms with Crippen molar-refractivity contribution in [3.05, 3.63) is 72.1 Å². The van der Waals surface area contributed by atoms with E-state index in [9.17, 15) is 9.50 Å². The zero-order valence-corrected chi connectivity index (χ0v) is 14.8. The molecule has 1 atom stereocenters. The number of rotatable bonds is 4. The molecule has 0 spiro atoms. The molecule has 0 radical (unpaired) electrons. The molecule has 7 nitrogen and oxygen atoms in total. The van der Waals surface area contributed by atoms with Gasteiger partial charge in [0.25, 0.3) is 0 Å². The third-order valence-corrected chi connectivity index (χ3v) is 4.38. The number of benzene rings is 2. The second-order valence-corrected chi connectivity index (χ2v) is 6.27. The maximum atomic E-state index is 13.3. The zero-order valence-electron chi connectivity index (χ0n) is 14.8. The summed E-state index contributed by atoms with van der Waals surface area (Å²) >= 11 is 0. The number of phenols is 1. The molecule has 138 valence electrons. The van der Waals surface area contributed by atoms with Crippen LogP contribution in [-0.2, 0) is 0 Å². The number of nitriles is 1. The first kappa shape index (κ1) is 17.4. The van der Waals surface area contributed by atoms with Crippen molar-refractivity contribution >= 4 is 16.9 Å². The first-order valence-electron chi connectivity index (χ1n) is 8.50. The molecule has 2 N–H and O–H groups in total. The van der Waals surface area contributed by atoms with E-state index < -0.39 is 11.6 Å². The molecular weight excluding hydrogens is 359 g/mol. The fraction of sp³-hybridized carbons (Fsp3) is 0.100. The van der Waals surface area contributed by atoms with Gasteiger partial charge in [0.05, 0.1) is 41.1 Å². The molecule has 0 saturated carbocycles. The van der Waals surface area contributed by atoms with E-state index in [1.54, 1.807) is 47.6 Å². The smallest absolute Gasteiger partial charge is 0.164 e. The van der Waals surface area contributed by atoms with E-state index >= 15 is 0 Å². The first-order chi connectivity index (χ1) is 13.5. The topological polar surface area (TPSA) is 99.7 Å². The standard InChI is InChI=1S/C20H15FN6O/c1-12(14-3-4-15(21)18(28)7-14)25-19-9-23-10-20(26-19)27-11-24-16-5-2-13(8-22)6-17(16)27/h2-7,9-12,28H,1H3,(H,25,26). The van der Waals surface area contributed by atoms with E-state index in [4.69, 9.17) is 5.26 Å². The van der Waals surface area contributed by atoms with Gasteiger partial charge in [0.2, 0.25) is 0 Å². The van der Waals surface area contributed by atoms with Gasteiger partial charge in [-0.3, -0.25) is 9.55 Å². The van der Waals surface area contributed by atoms with E-state index in [2.05, 4.69) is 26.3 Å². The average molecular weight is 374 g/mol. The minimum absolute atomic E-state index is 0.235. The van der Waals surface area contributed by atoms with Gasteiger partial charge in [-0.25, -0.2) is 14.4 Å². The molecule has 0 aliphatic rings. The fourth-order valence-corrected chi connectivity index (χ4v) is 2.91. The lowest BCUT2D eigenvalue weighted by molar-refractivity contribution is 0.431. The van der Waals surface area contributed by atoms with Crippen LogP contribution in [0.2, 0.25) is 0 Å². The Morgan fingerprint density at radius 2 is 2.07 bits per heavy atom. The molecule has 4 aromatic rings. The van der Waals surface area contributed by atoms with Crippen molar-refractivity contribution in [2.45, 2.75) is 13.0 Å². The molecule has 2 aromatic carbocycles. The Hall–Kier alpha value is -3.99. The largest absolute Gasteiger partial charge is 0.505 e. The summed E-state index contributed by atoms with van der Waals surface area (Å²) in [5, 5.41) is 21.9. The Bertz CT molecular complexity index is 1210. The van der Waals surface area contributed by atoms with Crippen LogP contribution in [-0.4, -0.2) is 24.6 Å². The van der Waals surface area contributed by atoms with E-state index in [0.717, 1.165) is 11.0 Å². The summed E-state index contributed by atoms with van der Waals surface area (Å²) in [5.41, 5.74) is 2.73.